The molecule has 0 rings (SSSR count). The molecule has 0 heterocycles. The van der Waals surface area contributed by atoms with Gasteiger partial charge in [-0.25, -0.2) is 0 Å². The summed E-state index contributed by atoms with van der Waals surface area (Å²) >= 11 is 1.69. The maximum absolute atomic E-state index is 12.4. The minimum Gasteiger partial charge on any atom is -0.460 e. The number of allylic oxidation sites excluding steroid dienone is 2. The van der Waals surface area contributed by atoms with E-state index in [9.17, 15) is 15.0 Å². The Morgan fingerprint density at radius 1 is 0.870 bits per heavy atom. The average Bonchev–Trinajstić information content (AvgIpc) is 2.85. The number of nitrogens with one attached hydrogen (secondary N) is 1. The van der Waals surface area contributed by atoms with E-state index in [1.54, 1.807) is 25.6 Å². The van der Waals surface area contributed by atoms with Gasteiger partial charge in [0.05, 0.1) is 30.3 Å². The van der Waals surface area contributed by atoms with Crippen molar-refractivity contribution in [3.63, 3.8) is 0 Å². The molecule has 0 aromatic rings. The van der Waals surface area contributed by atoms with Gasteiger partial charge < -0.3 is 25.0 Å². The van der Waals surface area contributed by atoms with Crippen LogP contribution >= 0.6 is 11.8 Å². The van der Waals surface area contributed by atoms with Gasteiger partial charge >= 0.3 is 5.97 Å². The number of esters is 1. The first-order valence-electron chi connectivity index (χ1n) is 17.8. The van der Waals surface area contributed by atoms with Crippen LogP contribution < -0.4 is 5.32 Å². The van der Waals surface area contributed by atoms with Crippen LogP contribution in [0, 0.1) is 28.1 Å². The van der Waals surface area contributed by atoms with Gasteiger partial charge in [0.15, 0.2) is 0 Å². The second-order valence-corrected chi connectivity index (χ2v) is 19.4. The average molecular weight is 672 g/mol. The normalized spacial score (nSPS) is 16.2. The first kappa shape index (κ1) is 45.4. The molecule has 0 aromatic heterocycles. The van der Waals surface area contributed by atoms with Crippen molar-refractivity contribution in [2.75, 3.05) is 24.7 Å². The molecule has 3 atom stereocenters. The van der Waals surface area contributed by atoms with Crippen molar-refractivity contribution in [1.82, 2.24) is 5.32 Å². The van der Waals surface area contributed by atoms with E-state index in [4.69, 9.17) is 9.47 Å². The Bertz CT molecular complexity index is 895. The lowest BCUT2D eigenvalue weighted by atomic mass is 9.60. The van der Waals surface area contributed by atoms with E-state index in [1.807, 2.05) is 34.6 Å². The largest absolute Gasteiger partial charge is 0.460 e. The first-order valence-corrected chi connectivity index (χ1v) is 19.0. The molecule has 3 unspecified atom stereocenters. The van der Waals surface area contributed by atoms with E-state index in [1.165, 1.54) is 0 Å². The second-order valence-electron chi connectivity index (χ2n) is 18.2. The fourth-order valence-corrected chi connectivity index (χ4v) is 6.10. The highest BCUT2D eigenvalue weighted by atomic mass is 32.2. The fraction of sp³-hybridized carbons (Fsp3) is 0.923. The Balaban J connectivity index is 4.85. The zero-order chi connectivity index (χ0) is 36.2. The third-order valence-corrected chi connectivity index (χ3v) is 11.5. The lowest BCUT2D eigenvalue weighted by Crippen LogP contribution is -2.46. The van der Waals surface area contributed by atoms with Crippen LogP contribution in [0.15, 0.2) is 12.2 Å². The van der Waals surface area contributed by atoms with E-state index in [0.29, 0.717) is 56.4 Å². The third kappa shape index (κ3) is 18.8. The van der Waals surface area contributed by atoms with E-state index >= 15 is 0 Å². The number of rotatable bonds is 23. The van der Waals surface area contributed by atoms with Crippen molar-refractivity contribution < 1.29 is 24.5 Å². The molecular weight excluding hydrogens is 594 g/mol. The van der Waals surface area contributed by atoms with Crippen LogP contribution in [0.3, 0.4) is 0 Å². The smallest absolute Gasteiger partial charge is 0.307 e. The number of carbonyl (C=O) groups excluding carboxylic acids is 1. The topological polar surface area (TPSA) is 88.0 Å². The van der Waals surface area contributed by atoms with Gasteiger partial charge in [0.1, 0.15) is 5.60 Å². The molecule has 7 heteroatoms. The Hall–Kier alpha value is -0.600. The number of aliphatic hydroxyl groups excluding tert-OH is 1. The predicted octanol–water partition coefficient (Wildman–Crippen LogP) is 9.21. The molecule has 6 nitrogen and oxygen atoms in total. The van der Waals surface area contributed by atoms with Crippen LogP contribution in [-0.4, -0.2) is 69.8 Å². The van der Waals surface area contributed by atoms with Crippen molar-refractivity contribution in [3.8, 4) is 0 Å². The van der Waals surface area contributed by atoms with Gasteiger partial charge in [-0.05, 0) is 102 Å². The van der Waals surface area contributed by atoms with Crippen molar-refractivity contribution in [1.29, 1.82) is 0 Å². The molecule has 0 aliphatic rings. The number of aliphatic hydroxyl groups is 2. The summed E-state index contributed by atoms with van der Waals surface area (Å²) in [6.45, 7) is 35.7. The monoisotopic (exact) mass is 672 g/mol. The van der Waals surface area contributed by atoms with Crippen LogP contribution in [0.1, 0.15) is 149 Å². The van der Waals surface area contributed by atoms with Gasteiger partial charge in [-0.2, -0.15) is 11.8 Å². The molecular formula is C39H77NO5S. The lowest BCUT2D eigenvalue weighted by Gasteiger charge is -2.44. The summed E-state index contributed by atoms with van der Waals surface area (Å²) in [5, 5.41) is 25.5. The predicted molar refractivity (Wildman–Crippen MR) is 199 cm³/mol. The van der Waals surface area contributed by atoms with Crippen molar-refractivity contribution >= 4 is 17.7 Å². The number of hydrogen-bond acceptors (Lipinski definition) is 7. The molecule has 0 aliphatic carbocycles. The standard InChI is InChI=1S/C39H77NO5S/c1-29(2)39(15,16)36(9,10)21-18-17-20-35(7,8)30(3)27-32(41)31(28-37(11,12)43)40-23-26-46-25-19-33(42)45-38(13,14)22-24-44-34(4,5)6/h17-18,29-32,40-41,43H,19-28H2,1-16H3/b18-17+. The Morgan fingerprint density at radius 3 is 1.96 bits per heavy atom. The molecule has 46 heavy (non-hydrogen) atoms. The number of ether oxygens (including phenoxy) is 2. The highest BCUT2D eigenvalue weighted by molar-refractivity contribution is 7.99. The Kier molecular flexibility index (Phi) is 18.7. The maximum atomic E-state index is 12.4. The lowest BCUT2D eigenvalue weighted by molar-refractivity contribution is -0.158. The second kappa shape index (κ2) is 19.0. The van der Waals surface area contributed by atoms with Gasteiger partial charge in [0.2, 0.25) is 0 Å². The first-order chi connectivity index (χ1) is 20.6. The molecule has 0 spiro atoms. The van der Waals surface area contributed by atoms with Gasteiger partial charge in [0, 0.05) is 30.5 Å². The maximum Gasteiger partial charge on any atom is 0.307 e. The van der Waals surface area contributed by atoms with E-state index in [-0.39, 0.29) is 33.9 Å². The minimum atomic E-state index is -0.891. The van der Waals surface area contributed by atoms with Crippen LogP contribution in [-0.2, 0) is 14.3 Å². The Morgan fingerprint density at radius 2 is 1.43 bits per heavy atom. The van der Waals surface area contributed by atoms with Crippen molar-refractivity contribution in [2.24, 2.45) is 28.1 Å². The highest BCUT2D eigenvalue weighted by Gasteiger charge is 2.38. The molecule has 3 N–H and O–H groups in total. The summed E-state index contributed by atoms with van der Waals surface area (Å²) in [6.07, 6.45) is 8.27. The molecule has 0 saturated carbocycles. The summed E-state index contributed by atoms with van der Waals surface area (Å²) < 4.78 is 11.5. The summed E-state index contributed by atoms with van der Waals surface area (Å²) in [5.74, 6) is 2.21. The van der Waals surface area contributed by atoms with Crippen LogP contribution in [0.5, 0.6) is 0 Å². The zero-order valence-electron chi connectivity index (χ0n) is 33.1. The van der Waals surface area contributed by atoms with Crippen LogP contribution in [0.4, 0.5) is 0 Å². The molecule has 0 saturated heterocycles. The van der Waals surface area contributed by atoms with E-state index in [2.05, 4.69) is 79.8 Å². The highest BCUT2D eigenvalue weighted by Crippen LogP contribution is 2.47. The summed E-state index contributed by atoms with van der Waals surface area (Å²) in [7, 11) is 0. The van der Waals surface area contributed by atoms with Crippen LogP contribution in [0.25, 0.3) is 0 Å². The molecule has 0 amide bonds. The van der Waals surface area contributed by atoms with Crippen LogP contribution in [0.2, 0.25) is 0 Å². The van der Waals surface area contributed by atoms with Gasteiger partial charge in [-0.3, -0.25) is 4.79 Å². The number of thioether (sulfide) groups is 1. The molecule has 274 valence electrons. The third-order valence-electron chi connectivity index (χ3n) is 10.5. The van der Waals surface area contributed by atoms with Crippen molar-refractivity contribution in [3.05, 3.63) is 12.2 Å². The van der Waals surface area contributed by atoms with Crippen molar-refractivity contribution in [2.45, 2.75) is 178 Å². The minimum absolute atomic E-state index is 0.0348. The summed E-state index contributed by atoms with van der Waals surface area (Å²) in [4.78, 5) is 12.4. The van der Waals surface area contributed by atoms with E-state index < -0.39 is 17.3 Å². The number of carbonyl (C=O) groups is 1. The zero-order valence-corrected chi connectivity index (χ0v) is 33.9. The number of hydrogen-bond donors (Lipinski definition) is 3. The van der Waals surface area contributed by atoms with Gasteiger partial charge in [-0.1, -0.05) is 74.5 Å². The SMILES string of the molecule is CC(CC(O)C(CC(C)(C)O)NCCSCCC(=O)OC(C)(C)CCOC(C)(C)C)C(C)(C)C/C=C/CC(C)(C)C(C)(C)C(C)C. The molecule has 0 aliphatic heterocycles. The Labute approximate surface area is 290 Å². The van der Waals surface area contributed by atoms with Gasteiger partial charge in [0.25, 0.3) is 0 Å². The molecule has 0 fully saturated rings. The molecule has 0 radical (unpaired) electrons. The molecule has 0 bridgehead atoms. The van der Waals surface area contributed by atoms with E-state index in [0.717, 1.165) is 18.6 Å². The molecule has 0 aromatic carbocycles. The van der Waals surface area contributed by atoms with Gasteiger partial charge in [-0.15, -0.1) is 0 Å². The summed E-state index contributed by atoms with van der Waals surface area (Å²) in [6, 6.07) is -0.213. The summed E-state index contributed by atoms with van der Waals surface area (Å²) in [5.41, 5.74) is -1.17. The quantitative estimate of drug-likeness (QED) is 0.0567. The fourth-order valence-electron chi connectivity index (χ4n) is 5.33.